The maximum atomic E-state index is 13.6. The summed E-state index contributed by atoms with van der Waals surface area (Å²) < 4.78 is 13.6. The molecule has 0 aliphatic carbocycles. The normalized spacial score (nSPS) is 11.9. The summed E-state index contributed by atoms with van der Waals surface area (Å²) in [5, 5.41) is 8.52. The number of hydrogen-bond acceptors (Lipinski definition) is 3. The van der Waals surface area contributed by atoms with Crippen LogP contribution in [-0.2, 0) is 5.75 Å². The molecule has 0 heterocycles. The van der Waals surface area contributed by atoms with Crippen molar-refractivity contribution in [2.24, 2.45) is 15.9 Å². The lowest BCUT2D eigenvalue weighted by molar-refractivity contribution is 0.628. The molecule has 3 aromatic rings. The molecule has 0 unspecified atom stereocenters. The largest absolute Gasteiger partial charge is 0.377 e. The molecule has 0 fully saturated rings. The van der Waals surface area contributed by atoms with Crippen LogP contribution in [0.15, 0.2) is 83.0 Å². The molecule has 0 spiro atoms. The predicted octanol–water partition coefficient (Wildman–Crippen LogP) is 5.38. The first-order valence-corrected chi connectivity index (χ1v) is 9.50. The first kappa shape index (κ1) is 18.9. The van der Waals surface area contributed by atoms with Crippen LogP contribution in [0.5, 0.6) is 0 Å². The van der Waals surface area contributed by atoms with Crippen molar-refractivity contribution in [3.05, 3.63) is 95.3 Å². The lowest BCUT2D eigenvalue weighted by atomic mass is 9.99. The Balaban J connectivity index is 1.67. The van der Waals surface area contributed by atoms with E-state index >= 15 is 0 Å². The molecule has 3 rings (SSSR count). The number of halogens is 1. The second-order valence-electron chi connectivity index (χ2n) is 6.04. The summed E-state index contributed by atoms with van der Waals surface area (Å²) in [6.07, 6.45) is 1.65. The third kappa shape index (κ3) is 5.53. The summed E-state index contributed by atoms with van der Waals surface area (Å²) in [5.41, 5.74) is 10.8. The van der Waals surface area contributed by atoms with Gasteiger partial charge >= 0.3 is 0 Å². The van der Waals surface area contributed by atoms with Crippen LogP contribution in [0.3, 0.4) is 0 Å². The maximum Gasteiger partial charge on any atom is 0.180 e. The van der Waals surface area contributed by atoms with E-state index in [4.69, 9.17) is 5.73 Å². The molecule has 0 atom stereocenters. The van der Waals surface area contributed by atoms with Crippen molar-refractivity contribution in [3.8, 4) is 11.1 Å². The predicted molar refractivity (Wildman–Crippen MR) is 114 cm³/mol. The maximum absolute atomic E-state index is 13.6. The fourth-order valence-corrected chi connectivity index (χ4v) is 3.22. The van der Waals surface area contributed by atoms with E-state index in [0.29, 0.717) is 5.17 Å². The first-order valence-electron chi connectivity index (χ1n) is 8.51. The van der Waals surface area contributed by atoms with E-state index in [9.17, 15) is 4.39 Å². The summed E-state index contributed by atoms with van der Waals surface area (Å²) in [6.45, 7) is 1.96. The highest BCUT2D eigenvalue weighted by atomic mass is 32.2. The first-order chi connectivity index (χ1) is 13.1. The molecule has 27 heavy (non-hydrogen) atoms. The standard InChI is InChI=1S/C22H20FN3S/c1-16-10-11-20(23)13-21(16)19-9-5-8-18(12-19)14-25-26-22(24)27-15-17-6-3-2-4-7-17/h2-14H,15H2,1H3,(H2,24,26). The van der Waals surface area contributed by atoms with E-state index in [1.165, 1.54) is 23.4 Å². The Labute approximate surface area is 162 Å². The monoisotopic (exact) mass is 377 g/mol. The zero-order valence-corrected chi connectivity index (χ0v) is 15.8. The van der Waals surface area contributed by atoms with Crippen molar-refractivity contribution in [1.29, 1.82) is 0 Å². The molecule has 0 bridgehead atoms. The van der Waals surface area contributed by atoms with E-state index in [0.717, 1.165) is 28.0 Å². The second-order valence-corrected chi connectivity index (χ2v) is 7.04. The number of nitrogens with two attached hydrogens (primary N) is 1. The Bertz CT molecular complexity index is 968. The van der Waals surface area contributed by atoms with Gasteiger partial charge in [-0.05, 0) is 52.9 Å². The Hall–Kier alpha value is -2.92. The van der Waals surface area contributed by atoms with Gasteiger partial charge in [-0.3, -0.25) is 0 Å². The Morgan fingerprint density at radius 1 is 1.04 bits per heavy atom. The van der Waals surface area contributed by atoms with Crippen LogP contribution in [0, 0.1) is 12.7 Å². The Morgan fingerprint density at radius 3 is 2.67 bits per heavy atom. The molecule has 0 saturated heterocycles. The third-order valence-corrected chi connectivity index (χ3v) is 4.84. The van der Waals surface area contributed by atoms with Crippen LogP contribution in [0.1, 0.15) is 16.7 Å². The fraction of sp³-hybridized carbons (Fsp3) is 0.0909. The number of nitrogens with zero attached hydrogens (tertiary/aromatic N) is 2. The van der Waals surface area contributed by atoms with Gasteiger partial charge in [0.2, 0.25) is 0 Å². The third-order valence-electron chi connectivity index (χ3n) is 3.99. The summed E-state index contributed by atoms with van der Waals surface area (Å²) >= 11 is 1.44. The van der Waals surface area contributed by atoms with Crippen molar-refractivity contribution < 1.29 is 4.39 Å². The van der Waals surface area contributed by atoms with Crippen LogP contribution in [0.2, 0.25) is 0 Å². The summed E-state index contributed by atoms with van der Waals surface area (Å²) in [4.78, 5) is 0. The van der Waals surface area contributed by atoms with E-state index in [1.807, 2.05) is 61.5 Å². The lowest BCUT2D eigenvalue weighted by Crippen LogP contribution is -2.05. The molecule has 0 saturated carbocycles. The van der Waals surface area contributed by atoms with E-state index in [-0.39, 0.29) is 5.82 Å². The molecule has 0 aliphatic heterocycles. The quantitative estimate of drug-likeness (QED) is 0.368. The van der Waals surface area contributed by atoms with Gasteiger partial charge in [0.25, 0.3) is 0 Å². The van der Waals surface area contributed by atoms with Gasteiger partial charge in [-0.1, -0.05) is 66.4 Å². The number of aryl methyl sites for hydroxylation is 1. The van der Waals surface area contributed by atoms with Crippen molar-refractivity contribution in [1.82, 2.24) is 0 Å². The Morgan fingerprint density at radius 2 is 1.85 bits per heavy atom. The number of rotatable bonds is 5. The summed E-state index contributed by atoms with van der Waals surface area (Å²) in [7, 11) is 0. The minimum Gasteiger partial charge on any atom is -0.377 e. The van der Waals surface area contributed by atoms with Crippen LogP contribution in [-0.4, -0.2) is 11.4 Å². The molecule has 0 aromatic heterocycles. The van der Waals surface area contributed by atoms with E-state index in [1.54, 1.807) is 18.3 Å². The van der Waals surface area contributed by atoms with Gasteiger partial charge in [-0.15, -0.1) is 5.10 Å². The zero-order valence-electron chi connectivity index (χ0n) is 15.0. The van der Waals surface area contributed by atoms with Gasteiger partial charge in [-0.25, -0.2) is 4.39 Å². The van der Waals surface area contributed by atoms with Crippen molar-refractivity contribution in [3.63, 3.8) is 0 Å². The summed E-state index contributed by atoms with van der Waals surface area (Å²) in [6, 6.07) is 22.6. The Kier molecular flexibility index (Phi) is 6.39. The molecule has 5 heteroatoms. The van der Waals surface area contributed by atoms with Crippen molar-refractivity contribution >= 4 is 23.1 Å². The molecule has 0 aliphatic rings. The highest BCUT2D eigenvalue weighted by molar-refractivity contribution is 8.13. The smallest absolute Gasteiger partial charge is 0.180 e. The average Bonchev–Trinajstić information content (AvgIpc) is 2.69. The molecular formula is C22H20FN3S. The fourth-order valence-electron chi connectivity index (χ4n) is 2.60. The van der Waals surface area contributed by atoms with Gasteiger partial charge in [0.15, 0.2) is 5.17 Å². The van der Waals surface area contributed by atoms with Gasteiger partial charge in [0.05, 0.1) is 6.21 Å². The number of benzene rings is 3. The van der Waals surface area contributed by atoms with Crippen LogP contribution < -0.4 is 5.73 Å². The second kappa shape index (κ2) is 9.14. The molecular weight excluding hydrogens is 357 g/mol. The number of hydrogen-bond donors (Lipinski definition) is 1. The van der Waals surface area contributed by atoms with Crippen LogP contribution >= 0.6 is 11.8 Å². The van der Waals surface area contributed by atoms with Crippen LogP contribution in [0.25, 0.3) is 11.1 Å². The molecule has 0 amide bonds. The number of thioether (sulfide) groups is 1. The molecule has 3 aromatic carbocycles. The lowest BCUT2D eigenvalue weighted by Gasteiger charge is -2.07. The van der Waals surface area contributed by atoms with E-state index < -0.39 is 0 Å². The SMILES string of the molecule is Cc1ccc(F)cc1-c1cccc(C=NN=C(N)SCc2ccccc2)c1. The van der Waals surface area contributed by atoms with Crippen molar-refractivity contribution in [2.45, 2.75) is 12.7 Å². The molecule has 3 nitrogen and oxygen atoms in total. The van der Waals surface area contributed by atoms with Crippen molar-refractivity contribution in [2.75, 3.05) is 0 Å². The van der Waals surface area contributed by atoms with Gasteiger partial charge in [0, 0.05) is 5.75 Å². The minimum atomic E-state index is -0.248. The average molecular weight is 377 g/mol. The van der Waals surface area contributed by atoms with Gasteiger partial charge in [0.1, 0.15) is 5.82 Å². The highest BCUT2D eigenvalue weighted by Crippen LogP contribution is 2.24. The highest BCUT2D eigenvalue weighted by Gasteiger charge is 2.04. The number of amidine groups is 1. The molecule has 2 N–H and O–H groups in total. The van der Waals surface area contributed by atoms with Crippen LogP contribution in [0.4, 0.5) is 4.39 Å². The zero-order chi connectivity index (χ0) is 19.1. The summed E-state index contributed by atoms with van der Waals surface area (Å²) in [5.74, 6) is 0.502. The van der Waals surface area contributed by atoms with E-state index in [2.05, 4.69) is 10.2 Å². The topological polar surface area (TPSA) is 50.7 Å². The molecule has 136 valence electrons. The van der Waals surface area contributed by atoms with Gasteiger partial charge in [-0.2, -0.15) is 5.10 Å². The van der Waals surface area contributed by atoms with Gasteiger partial charge < -0.3 is 5.73 Å². The molecule has 0 radical (unpaired) electrons. The minimum absolute atomic E-state index is 0.248.